The Morgan fingerprint density at radius 2 is 2.06 bits per heavy atom. The molecule has 2 atom stereocenters. The van der Waals surface area contributed by atoms with Crippen molar-refractivity contribution in [2.45, 2.75) is 56.1 Å². The van der Waals surface area contributed by atoms with Crippen LogP contribution in [0, 0.1) is 0 Å². The van der Waals surface area contributed by atoms with Gasteiger partial charge >= 0.3 is 6.18 Å². The van der Waals surface area contributed by atoms with Crippen LogP contribution in [0.5, 0.6) is 0 Å². The minimum absolute atomic E-state index is 0.0162. The first kappa shape index (κ1) is 22.3. The number of anilines is 1. The van der Waals surface area contributed by atoms with Gasteiger partial charge in [0.05, 0.1) is 33.9 Å². The van der Waals surface area contributed by atoms with Crippen LogP contribution in [0.15, 0.2) is 23.4 Å². The van der Waals surface area contributed by atoms with E-state index in [0.29, 0.717) is 40.0 Å². The van der Waals surface area contributed by atoms with Crippen LogP contribution in [-0.2, 0) is 11.3 Å². The molecule has 1 aliphatic heterocycles. The first-order chi connectivity index (χ1) is 14.7. The number of halogens is 4. The quantitative estimate of drug-likeness (QED) is 0.327. The standard InChI is InChI=1S/C21H25F4N3O2S/c22-15-9-26-10-17(15)28-16-5-3-4-13-14(8-21(23,24)25)18(31-19(13)16)11-27-30-12-20(29)6-1-2-7-20/h3-5,11,15,17,26,28-29H,1-2,6-10,12H2/b27-11+/t15-,17+/m0/s1. The zero-order valence-corrected chi connectivity index (χ0v) is 17.7. The molecule has 2 aromatic rings. The van der Waals surface area contributed by atoms with Crippen molar-refractivity contribution in [1.82, 2.24) is 5.32 Å². The Kier molecular flexibility index (Phi) is 6.41. The van der Waals surface area contributed by atoms with E-state index in [0.717, 1.165) is 24.2 Å². The smallest absolute Gasteiger partial charge is 0.393 e. The van der Waals surface area contributed by atoms with Crippen LogP contribution in [-0.4, -0.2) is 55.0 Å². The topological polar surface area (TPSA) is 65.9 Å². The Hall–Kier alpha value is -1.91. The number of rotatable bonds is 7. The zero-order valence-electron chi connectivity index (χ0n) is 16.8. The van der Waals surface area contributed by atoms with E-state index in [1.807, 2.05) is 0 Å². The van der Waals surface area contributed by atoms with Gasteiger partial charge in [-0.2, -0.15) is 13.2 Å². The van der Waals surface area contributed by atoms with Crippen molar-refractivity contribution in [3.8, 4) is 0 Å². The summed E-state index contributed by atoms with van der Waals surface area (Å²) in [5.41, 5.74) is -0.200. The maximum Gasteiger partial charge on any atom is 0.393 e. The van der Waals surface area contributed by atoms with Gasteiger partial charge < -0.3 is 20.6 Å². The number of hydrogen-bond acceptors (Lipinski definition) is 6. The van der Waals surface area contributed by atoms with Gasteiger partial charge in [-0.1, -0.05) is 30.1 Å². The predicted octanol–water partition coefficient (Wildman–Crippen LogP) is 4.38. The summed E-state index contributed by atoms with van der Waals surface area (Å²) in [4.78, 5) is 5.56. The van der Waals surface area contributed by atoms with E-state index in [9.17, 15) is 22.7 Å². The summed E-state index contributed by atoms with van der Waals surface area (Å²) in [5.74, 6) is 0. The Morgan fingerprint density at radius 1 is 1.29 bits per heavy atom. The lowest BCUT2D eigenvalue weighted by Crippen LogP contribution is -2.29. The minimum atomic E-state index is -4.39. The number of nitrogens with zero attached hydrogens (tertiary/aromatic N) is 1. The molecule has 31 heavy (non-hydrogen) atoms. The SMILES string of the molecule is OC1(CO/N=C/c2sc3c(N[C@@H]4CNC[C@@H]4F)cccc3c2CC(F)(F)F)CCCC1. The first-order valence-electron chi connectivity index (χ1n) is 10.3. The molecule has 5 nitrogen and oxygen atoms in total. The second-order valence-electron chi connectivity index (χ2n) is 8.28. The molecule has 1 saturated heterocycles. The Balaban J connectivity index is 1.60. The molecule has 0 spiro atoms. The van der Waals surface area contributed by atoms with Gasteiger partial charge in [-0.3, -0.25) is 0 Å². The van der Waals surface area contributed by atoms with Crippen LogP contribution in [0.2, 0.25) is 0 Å². The molecule has 3 N–H and O–H groups in total. The number of aliphatic hydroxyl groups is 1. The fourth-order valence-corrected chi connectivity index (χ4v) is 5.36. The van der Waals surface area contributed by atoms with E-state index in [4.69, 9.17) is 4.84 Å². The van der Waals surface area contributed by atoms with Gasteiger partial charge in [0.15, 0.2) is 0 Å². The molecule has 0 unspecified atom stereocenters. The van der Waals surface area contributed by atoms with Crippen molar-refractivity contribution in [3.05, 3.63) is 28.6 Å². The second-order valence-corrected chi connectivity index (χ2v) is 9.34. The van der Waals surface area contributed by atoms with E-state index < -0.39 is 30.4 Å². The van der Waals surface area contributed by atoms with Gasteiger partial charge in [-0.25, -0.2) is 4.39 Å². The van der Waals surface area contributed by atoms with Crippen molar-refractivity contribution in [3.63, 3.8) is 0 Å². The van der Waals surface area contributed by atoms with Crippen LogP contribution >= 0.6 is 11.3 Å². The van der Waals surface area contributed by atoms with Crippen molar-refractivity contribution < 1.29 is 27.5 Å². The number of thiophene rings is 1. The van der Waals surface area contributed by atoms with Crippen LogP contribution in [0.25, 0.3) is 10.1 Å². The highest BCUT2D eigenvalue weighted by Crippen LogP contribution is 2.39. The molecular formula is C21H25F4N3O2S. The maximum absolute atomic E-state index is 14.0. The molecule has 10 heteroatoms. The monoisotopic (exact) mass is 459 g/mol. The Bertz CT molecular complexity index is 941. The molecular weight excluding hydrogens is 434 g/mol. The van der Waals surface area contributed by atoms with Gasteiger partial charge in [-0.05, 0) is 29.9 Å². The summed E-state index contributed by atoms with van der Waals surface area (Å²) < 4.78 is 54.5. The molecule has 0 radical (unpaired) electrons. The van der Waals surface area contributed by atoms with Crippen molar-refractivity contribution in [2.75, 3.05) is 25.0 Å². The molecule has 2 fully saturated rings. The molecule has 2 heterocycles. The van der Waals surface area contributed by atoms with Gasteiger partial charge in [0, 0.05) is 13.1 Å². The highest BCUT2D eigenvalue weighted by Gasteiger charge is 2.33. The van der Waals surface area contributed by atoms with E-state index in [1.165, 1.54) is 6.21 Å². The highest BCUT2D eigenvalue weighted by molar-refractivity contribution is 7.21. The minimum Gasteiger partial charge on any atom is -0.393 e. The predicted molar refractivity (Wildman–Crippen MR) is 114 cm³/mol. The van der Waals surface area contributed by atoms with Crippen molar-refractivity contribution in [2.24, 2.45) is 5.16 Å². The summed E-state index contributed by atoms with van der Waals surface area (Å²) in [6, 6.07) is 4.61. The summed E-state index contributed by atoms with van der Waals surface area (Å²) in [6.07, 6.45) is -2.18. The van der Waals surface area contributed by atoms with Gasteiger partial charge in [0.1, 0.15) is 18.4 Å². The molecule has 0 bridgehead atoms. The number of hydrogen-bond donors (Lipinski definition) is 3. The number of alkyl halides is 4. The van der Waals surface area contributed by atoms with Crippen LogP contribution in [0.3, 0.4) is 0 Å². The van der Waals surface area contributed by atoms with Crippen LogP contribution in [0.1, 0.15) is 36.1 Å². The lowest BCUT2D eigenvalue weighted by molar-refractivity contribution is -0.126. The molecule has 1 aliphatic carbocycles. The number of benzene rings is 1. The third kappa shape index (κ3) is 5.30. The highest BCUT2D eigenvalue weighted by atomic mass is 32.1. The second kappa shape index (κ2) is 8.91. The largest absolute Gasteiger partial charge is 0.393 e. The number of fused-ring (bicyclic) bond motifs is 1. The summed E-state index contributed by atoms with van der Waals surface area (Å²) in [7, 11) is 0. The molecule has 1 aromatic heterocycles. The van der Waals surface area contributed by atoms with Crippen LogP contribution < -0.4 is 10.6 Å². The molecule has 2 aliphatic rings. The number of nitrogens with one attached hydrogen (secondary N) is 2. The lowest BCUT2D eigenvalue weighted by Gasteiger charge is -2.19. The van der Waals surface area contributed by atoms with E-state index in [2.05, 4.69) is 15.8 Å². The lowest BCUT2D eigenvalue weighted by atomic mass is 10.1. The molecule has 1 aromatic carbocycles. The number of oxime groups is 1. The summed E-state index contributed by atoms with van der Waals surface area (Å²) in [5, 5.41) is 20.7. The Labute approximate surface area is 181 Å². The normalized spacial score (nSPS) is 23.8. The average Bonchev–Trinajstić information content (AvgIpc) is 3.40. The molecule has 4 rings (SSSR count). The van der Waals surface area contributed by atoms with Crippen LogP contribution in [0.4, 0.5) is 23.2 Å². The fourth-order valence-electron chi connectivity index (χ4n) is 4.20. The van der Waals surface area contributed by atoms with Gasteiger partial charge in [-0.15, -0.1) is 11.3 Å². The summed E-state index contributed by atoms with van der Waals surface area (Å²) in [6.45, 7) is 0.713. The van der Waals surface area contributed by atoms with E-state index in [-0.39, 0.29) is 18.7 Å². The van der Waals surface area contributed by atoms with Gasteiger partial charge in [0.25, 0.3) is 0 Å². The zero-order chi connectivity index (χ0) is 22.1. The maximum atomic E-state index is 14.0. The Morgan fingerprint density at radius 3 is 2.74 bits per heavy atom. The summed E-state index contributed by atoms with van der Waals surface area (Å²) >= 11 is 1.16. The van der Waals surface area contributed by atoms with Crippen molar-refractivity contribution >= 4 is 33.3 Å². The first-order valence-corrected chi connectivity index (χ1v) is 11.2. The third-order valence-corrected chi connectivity index (χ3v) is 7.04. The van der Waals surface area contributed by atoms with E-state index >= 15 is 0 Å². The molecule has 0 amide bonds. The van der Waals surface area contributed by atoms with E-state index in [1.54, 1.807) is 18.2 Å². The van der Waals surface area contributed by atoms with Crippen molar-refractivity contribution in [1.29, 1.82) is 0 Å². The molecule has 1 saturated carbocycles. The third-order valence-electron chi connectivity index (χ3n) is 5.82. The average molecular weight is 460 g/mol. The molecule has 170 valence electrons. The fraction of sp³-hybridized carbons (Fsp3) is 0.571. The van der Waals surface area contributed by atoms with Gasteiger partial charge in [0.2, 0.25) is 0 Å².